The molecular formula is C12H8Li2Se2. The molecule has 0 bridgehead atoms. The molecule has 16 heavy (non-hydrogen) atoms. The third-order valence-electron chi connectivity index (χ3n) is 2.04. The van der Waals surface area contributed by atoms with Crippen molar-refractivity contribution in [3.8, 4) is 11.1 Å². The van der Waals surface area contributed by atoms with Crippen LogP contribution in [0.2, 0.25) is 0 Å². The van der Waals surface area contributed by atoms with Crippen LogP contribution in [0.15, 0.2) is 48.5 Å². The average Bonchev–Trinajstić information content (AvgIpc) is 2.21. The van der Waals surface area contributed by atoms with Gasteiger partial charge < -0.3 is 0 Å². The molecule has 0 nitrogen and oxygen atoms in total. The first-order chi connectivity index (χ1) is 6.75. The quantitative estimate of drug-likeness (QED) is 0.461. The Labute approximate surface area is 137 Å². The molecule has 0 aliphatic heterocycles. The summed E-state index contributed by atoms with van der Waals surface area (Å²) < 4.78 is 2.35. The van der Waals surface area contributed by atoms with Crippen LogP contribution >= 0.6 is 0 Å². The summed E-state index contributed by atoms with van der Waals surface area (Å²) in [6.07, 6.45) is 0. The molecule has 0 spiro atoms. The Morgan fingerprint density at radius 3 is 1.00 bits per heavy atom. The van der Waals surface area contributed by atoms with Crippen molar-refractivity contribution in [1.29, 1.82) is 0 Å². The monoisotopic (exact) mass is 326 g/mol. The van der Waals surface area contributed by atoms with Crippen LogP contribution in [0.4, 0.5) is 0 Å². The molecule has 0 aromatic heterocycles. The summed E-state index contributed by atoms with van der Waals surface area (Å²) >= 11 is 5.97. The molecule has 0 N–H and O–H groups in total. The molecule has 0 aliphatic rings. The van der Waals surface area contributed by atoms with E-state index in [9.17, 15) is 0 Å². The zero-order valence-electron chi connectivity index (χ0n) is 9.44. The summed E-state index contributed by atoms with van der Waals surface area (Å²) in [5, 5.41) is 0. The molecule has 4 heteroatoms. The van der Waals surface area contributed by atoms with E-state index in [1.165, 1.54) is 20.1 Å². The fraction of sp³-hybridized carbons (Fsp3) is 0. The van der Waals surface area contributed by atoms with Gasteiger partial charge >= 0.3 is 138 Å². The van der Waals surface area contributed by atoms with Gasteiger partial charge in [0, 0.05) is 0 Å². The van der Waals surface area contributed by atoms with Gasteiger partial charge in [-0.2, -0.15) is 0 Å². The van der Waals surface area contributed by atoms with Crippen LogP contribution in [0.3, 0.4) is 0 Å². The van der Waals surface area contributed by atoms with E-state index in [4.69, 9.17) is 0 Å². The van der Waals surface area contributed by atoms with E-state index in [2.05, 4.69) is 80.6 Å². The molecule has 0 unspecified atom stereocenters. The predicted octanol–water partition coefficient (Wildman–Crippen LogP) is -5.05. The fourth-order valence-electron chi connectivity index (χ4n) is 1.29. The zero-order chi connectivity index (χ0) is 9.97. The zero-order valence-corrected chi connectivity index (χ0v) is 12.9. The second-order valence-corrected chi connectivity index (χ2v) is 5.03. The van der Waals surface area contributed by atoms with Gasteiger partial charge in [-0.05, 0) is 0 Å². The van der Waals surface area contributed by atoms with Crippen LogP contribution < -0.4 is 46.6 Å². The van der Waals surface area contributed by atoms with Gasteiger partial charge in [0.15, 0.2) is 0 Å². The van der Waals surface area contributed by atoms with E-state index in [0.29, 0.717) is 0 Å². The molecule has 0 heterocycles. The molecular weight excluding hydrogens is 316 g/mol. The van der Waals surface area contributed by atoms with Crippen molar-refractivity contribution >= 4 is 40.9 Å². The third-order valence-corrected chi connectivity index (χ3v) is 3.18. The summed E-state index contributed by atoms with van der Waals surface area (Å²) in [6.45, 7) is 0. The molecule has 0 aliphatic carbocycles. The number of hydrogen-bond acceptors (Lipinski definition) is 0. The maximum absolute atomic E-state index is 2.98. The number of benzene rings is 2. The molecule has 2 rings (SSSR count). The first-order valence-electron chi connectivity index (χ1n) is 4.30. The van der Waals surface area contributed by atoms with E-state index in [1.807, 2.05) is 0 Å². The SMILES string of the molecule is [Li+].[Li+].[Se-]c1ccc(-c2ccc([Se-])cc2)cc1. The number of rotatable bonds is 1. The van der Waals surface area contributed by atoms with E-state index >= 15 is 0 Å². The van der Waals surface area contributed by atoms with E-state index in [0.717, 1.165) is 0 Å². The van der Waals surface area contributed by atoms with Crippen LogP contribution in [0, 0.1) is 0 Å². The second kappa shape index (κ2) is 7.90. The van der Waals surface area contributed by atoms with Crippen molar-refractivity contribution in [2.75, 3.05) is 0 Å². The molecule has 2 aromatic carbocycles. The van der Waals surface area contributed by atoms with Crippen LogP contribution in [-0.4, -0.2) is 32.0 Å². The van der Waals surface area contributed by atoms with Crippen molar-refractivity contribution < 1.29 is 37.7 Å². The fourth-order valence-corrected chi connectivity index (χ4v) is 1.87. The summed E-state index contributed by atoms with van der Waals surface area (Å²) in [5.74, 6) is 0. The summed E-state index contributed by atoms with van der Waals surface area (Å²) in [7, 11) is 0. The van der Waals surface area contributed by atoms with Crippen LogP contribution in [-0.2, 0) is 0 Å². The van der Waals surface area contributed by atoms with Crippen LogP contribution in [0.5, 0.6) is 0 Å². The van der Waals surface area contributed by atoms with E-state index in [1.54, 1.807) is 0 Å². The molecule has 0 amide bonds. The van der Waals surface area contributed by atoms with Gasteiger partial charge in [-0.15, -0.1) is 0 Å². The Hall–Kier alpha value is 0.674. The summed E-state index contributed by atoms with van der Waals surface area (Å²) in [4.78, 5) is 0. The van der Waals surface area contributed by atoms with Crippen LogP contribution in [0.1, 0.15) is 0 Å². The maximum atomic E-state index is 2.98. The molecule has 0 saturated carbocycles. The van der Waals surface area contributed by atoms with Crippen molar-refractivity contribution in [1.82, 2.24) is 0 Å². The van der Waals surface area contributed by atoms with Gasteiger partial charge in [-0.1, -0.05) is 0 Å². The topological polar surface area (TPSA) is 0 Å². The Balaban J connectivity index is 0.00000112. The average molecular weight is 324 g/mol. The van der Waals surface area contributed by atoms with E-state index < -0.39 is 0 Å². The molecule has 0 atom stereocenters. The minimum atomic E-state index is 0. The Bertz CT molecular complexity index is 380. The third kappa shape index (κ3) is 4.51. The molecule has 0 saturated heterocycles. The van der Waals surface area contributed by atoms with Crippen molar-refractivity contribution in [3.05, 3.63) is 48.5 Å². The summed E-state index contributed by atoms with van der Waals surface area (Å²) in [5.41, 5.74) is 2.51. The van der Waals surface area contributed by atoms with Crippen molar-refractivity contribution in [2.45, 2.75) is 0 Å². The molecule has 2 aromatic rings. The van der Waals surface area contributed by atoms with Crippen molar-refractivity contribution in [2.24, 2.45) is 0 Å². The molecule has 0 fully saturated rings. The molecule has 0 radical (unpaired) electrons. The standard InChI is InChI=1S/C12H10Se2.2Li/c13-11-5-1-9(2-6-11)10-3-7-12(14)8-4-10;;/h1-8,13-14H;;/q;2*+1/p-2. The normalized spacial score (nSPS) is 8.75. The van der Waals surface area contributed by atoms with Crippen molar-refractivity contribution in [3.63, 3.8) is 0 Å². The van der Waals surface area contributed by atoms with Gasteiger partial charge in [0.1, 0.15) is 0 Å². The Morgan fingerprint density at radius 1 is 0.500 bits per heavy atom. The van der Waals surface area contributed by atoms with Crippen LogP contribution in [0.25, 0.3) is 11.1 Å². The Kier molecular flexibility index (Phi) is 8.23. The van der Waals surface area contributed by atoms with Gasteiger partial charge in [0.25, 0.3) is 0 Å². The van der Waals surface area contributed by atoms with Gasteiger partial charge in [0.2, 0.25) is 0 Å². The first-order valence-corrected chi connectivity index (χ1v) is 6.01. The Morgan fingerprint density at radius 2 is 0.750 bits per heavy atom. The summed E-state index contributed by atoms with van der Waals surface area (Å²) in [6, 6.07) is 16.8. The van der Waals surface area contributed by atoms with Gasteiger partial charge in [-0.25, -0.2) is 0 Å². The van der Waals surface area contributed by atoms with Gasteiger partial charge in [-0.3, -0.25) is 0 Å². The van der Waals surface area contributed by atoms with E-state index in [-0.39, 0.29) is 37.7 Å². The molecule has 70 valence electrons. The predicted molar refractivity (Wildman–Crippen MR) is 62.7 cm³/mol. The van der Waals surface area contributed by atoms with Gasteiger partial charge in [0.05, 0.1) is 0 Å². The minimum absolute atomic E-state index is 0. The first kappa shape index (κ1) is 16.7. The number of hydrogen-bond donors (Lipinski definition) is 0. The second-order valence-electron chi connectivity index (χ2n) is 3.05.